The van der Waals surface area contributed by atoms with Crippen molar-refractivity contribution in [2.45, 2.75) is 49.7 Å². The molecule has 1 amide bonds. The minimum absolute atomic E-state index is 0.0170. The third kappa shape index (κ3) is 2.95. The molecular weight excluding hydrogens is 322 g/mol. The molecule has 1 saturated heterocycles. The lowest BCUT2D eigenvalue weighted by molar-refractivity contribution is -0.127. The molecule has 4 rings (SSSR count). The molecule has 2 aromatic rings. The first-order chi connectivity index (χ1) is 11.6. The molecule has 5 nitrogen and oxygen atoms in total. The van der Waals surface area contributed by atoms with E-state index in [1.165, 1.54) is 12.8 Å². The summed E-state index contributed by atoms with van der Waals surface area (Å²) in [5.41, 5.74) is 2.11. The van der Waals surface area contributed by atoms with Crippen molar-refractivity contribution in [1.29, 1.82) is 0 Å². The van der Waals surface area contributed by atoms with Gasteiger partial charge >= 0.3 is 0 Å². The van der Waals surface area contributed by atoms with Gasteiger partial charge in [-0.15, -0.1) is 11.8 Å². The van der Waals surface area contributed by atoms with E-state index in [-0.39, 0.29) is 16.4 Å². The van der Waals surface area contributed by atoms with E-state index in [2.05, 4.69) is 15.0 Å². The number of carbonyl (C=O) groups is 1. The van der Waals surface area contributed by atoms with Gasteiger partial charge in [-0.3, -0.25) is 4.79 Å². The van der Waals surface area contributed by atoms with Crippen molar-refractivity contribution < 1.29 is 9.32 Å². The summed E-state index contributed by atoms with van der Waals surface area (Å²) in [5.74, 6) is 1.50. The molecule has 0 N–H and O–H groups in total. The molecule has 2 atom stereocenters. The highest BCUT2D eigenvalue weighted by Crippen LogP contribution is 2.39. The highest BCUT2D eigenvalue weighted by molar-refractivity contribution is 8.00. The number of nitrogens with zero attached hydrogens (tertiary/aromatic N) is 3. The molecule has 1 aromatic carbocycles. The Bertz CT molecular complexity index is 756. The van der Waals surface area contributed by atoms with Gasteiger partial charge in [0.15, 0.2) is 0 Å². The normalized spacial score (nSPS) is 22.2. The Morgan fingerprint density at radius 2 is 2.08 bits per heavy atom. The topological polar surface area (TPSA) is 59.2 Å². The fourth-order valence-electron chi connectivity index (χ4n) is 3.19. The lowest BCUT2D eigenvalue weighted by atomic mass is 10.1. The van der Waals surface area contributed by atoms with Gasteiger partial charge in [0.1, 0.15) is 0 Å². The number of aromatic nitrogens is 2. The Hall–Kier alpha value is -1.82. The molecule has 1 aromatic heterocycles. The van der Waals surface area contributed by atoms with E-state index in [4.69, 9.17) is 4.52 Å². The summed E-state index contributed by atoms with van der Waals surface area (Å²) >= 11 is 1.64. The van der Waals surface area contributed by atoms with Gasteiger partial charge < -0.3 is 9.42 Å². The second kappa shape index (κ2) is 6.24. The molecule has 6 heteroatoms. The molecule has 0 bridgehead atoms. The van der Waals surface area contributed by atoms with E-state index in [1.54, 1.807) is 11.8 Å². The van der Waals surface area contributed by atoms with Crippen molar-refractivity contribution >= 4 is 17.7 Å². The van der Waals surface area contributed by atoms with E-state index in [9.17, 15) is 4.79 Å². The molecule has 0 radical (unpaired) electrons. The smallest absolute Gasteiger partial charge is 0.239 e. The van der Waals surface area contributed by atoms with Crippen LogP contribution in [0.5, 0.6) is 0 Å². The van der Waals surface area contributed by atoms with E-state index in [0.717, 1.165) is 24.1 Å². The number of carbonyl (C=O) groups excluding carboxylic acids is 1. The van der Waals surface area contributed by atoms with E-state index in [1.807, 2.05) is 38.1 Å². The van der Waals surface area contributed by atoms with Crippen molar-refractivity contribution in [3.05, 3.63) is 35.7 Å². The summed E-state index contributed by atoms with van der Waals surface area (Å²) in [5, 5.41) is 4.16. The molecule has 1 saturated carbocycles. The molecule has 2 heterocycles. The lowest BCUT2D eigenvalue weighted by Crippen LogP contribution is -2.30. The second-order valence-corrected chi connectivity index (χ2v) is 8.14. The molecule has 1 aliphatic heterocycles. The minimum atomic E-state index is 0.0170. The number of hydrogen-bond acceptors (Lipinski definition) is 5. The van der Waals surface area contributed by atoms with Gasteiger partial charge in [0, 0.05) is 18.2 Å². The fraction of sp³-hybridized carbons (Fsp3) is 0.500. The van der Waals surface area contributed by atoms with Gasteiger partial charge in [-0.25, -0.2) is 0 Å². The second-order valence-electron chi connectivity index (χ2n) is 6.59. The average Bonchev–Trinajstić information content (AvgIpc) is 3.18. The van der Waals surface area contributed by atoms with Crippen molar-refractivity contribution in [1.82, 2.24) is 15.0 Å². The van der Waals surface area contributed by atoms with Gasteiger partial charge in [0.05, 0.1) is 10.5 Å². The Morgan fingerprint density at radius 3 is 2.83 bits per heavy atom. The molecule has 24 heavy (non-hydrogen) atoms. The first kappa shape index (κ1) is 15.7. The van der Waals surface area contributed by atoms with Crippen LogP contribution in [0.3, 0.4) is 0 Å². The van der Waals surface area contributed by atoms with Gasteiger partial charge in [-0.2, -0.15) is 4.98 Å². The summed E-state index contributed by atoms with van der Waals surface area (Å²) in [4.78, 5) is 19.1. The van der Waals surface area contributed by atoms with Gasteiger partial charge in [-0.1, -0.05) is 29.4 Å². The maximum Gasteiger partial charge on any atom is 0.239 e. The van der Waals surface area contributed by atoms with Crippen LogP contribution in [-0.2, 0) is 4.79 Å². The first-order valence-electron chi connectivity index (χ1n) is 8.49. The molecular formula is C18H21N3O2S. The number of benzene rings is 1. The number of aryl methyl sites for hydroxylation is 1. The molecule has 2 aliphatic rings. The zero-order valence-corrected chi connectivity index (χ0v) is 14.8. The van der Waals surface area contributed by atoms with Crippen molar-refractivity contribution in [2.24, 2.45) is 0 Å². The summed E-state index contributed by atoms with van der Waals surface area (Å²) in [7, 11) is 0. The predicted octanol–water partition coefficient (Wildman–Crippen LogP) is 3.60. The van der Waals surface area contributed by atoms with Crippen molar-refractivity contribution in [2.75, 3.05) is 6.54 Å². The average molecular weight is 343 g/mol. The minimum Gasteiger partial charge on any atom is -0.339 e. The zero-order valence-electron chi connectivity index (χ0n) is 13.9. The van der Waals surface area contributed by atoms with Gasteiger partial charge in [-0.05, 0) is 38.7 Å². The van der Waals surface area contributed by atoms with Gasteiger partial charge in [0.2, 0.25) is 17.6 Å². The Kier molecular flexibility index (Phi) is 4.08. The molecule has 2 fully saturated rings. The molecule has 0 spiro atoms. The highest BCUT2D eigenvalue weighted by Gasteiger charge is 2.41. The number of thioether (sulfide) groups is 1. The summed E-state index contributed by atoms with van der Waals surface area (Å²) < 4.78 is 5.46. The fourth-order valence-corrected chi connectivity index (χ4v) is 4.39. The highest BCUT2D eigenvalue weighted by atomic mass is 32.2. The number of likely N-dealkylation sites (tertiary alicyclic amines) is 1. The Labute approximate surface area is 145 Å². The van der Waals surface area contributed by atoms with Crippen LogP contribution in [0.15, 0.2) is 28.8 Å². The van der Waals surface area contributed by atoms with Crippen molar-refractivity contribution in [3.8, 4) is 11.4 Å². The van der Waals surface area contributed by atoms with E-state index >= 15 is 0 Å². The van der Waals surface area contributed by atoms with E-state index < -0.39 is 0 Å². The maximum absolute atomic E-state index is 12.5. The van der Waals surface area contributed by atoms with Crippen LogP contribution in [0.2, 0.25) is 0 Å². The summed E-state index contributed by atoms with van der Waals surface area (Å²) in [6.45, 7) is 4.96. The van der Waals surface area contributed by atoms with Crippen LogP contribution in [0.25, 0.3) is 11.4 Å². The molecule has 1 aliphatic carbocycles. The monoisotopic (exact) mass is 343 g/mol. The third-order valence-corrected chi connectivity index (χ3v) is 6.10. The predicted molar refractivity (Wildman–Crippen MR) is 93.6 cm³/mol. The first-order valence-corrected chi connectivity index (χ1v) is 9.43. The summed E-state index contributed by atoms with van der Waals surface area (Å²) in [6.07, 6.45) is 3.26. The largest absolute Gasteiger partial charge is 0.339 e. The van der Waals surface area contributed by atoms with E-state index in [0.29, 0.717) is 17.8 Å². The quantitative estimate of drug-likeness (QED) is 0.830. The molecule has 126 valence electrons. The van der Waals surface area contributed by atoms with Gasteiger partial charge in [0.25, 0.3) is 0 Å². The zero-order chi connectivity index (χ0) is 16.7. The molecule has 0 unspecified atom stereocenters. The van der Waals surface area contributed by atoms with Crippen LogP contribution in [-0.4, -0.2) is 38.8 Å². The maximum atomic E-state index is 12.5. The van der Waals surface area contributed by atoms with Crippen molar-refractivity contribution in [3.63, 3.8) is 0 Å². The number of rotatable bonds is 5. The SMILES string of the molecule is Cc1ccccc1-c1noc([C@@H](C)S[C@@H]2CCN(C3CC3)C2=O)n1. The third-order valence-electron chi connectivity index (χ3n) is 4.72. The van der Waals surface area contributed by atoms with Crippen LogP contribution < -0.4 is 0 Å². The number of amides is 1. The number of hydrogen-bond donors (Lipinski definition) is 0. The van der Waals surface area contributed by atoms with Crippen LogP contribution in [0.1, 0.15) is 42.9 Å². The Balaban J connectivity index is 1.45. The van der Waals surface area contributed by atoms with Crippen LogP contribution in [0.4, 0.5) is 0 Å². The lowest BCUT2D eigenvalue weighted by Gasteiger charge is -2.16. The Morgan fingerprint density at radius 1 is 1.29 bits per heavy atom. The standard InChI is InChI=1S/C18H21N3O2S/c1-11-5-3-4-6-14(11)16-19-17(23-20-16)12(2)24-15-9-10-21(18(15)22)13-7-8-13/h3-6,12-13,15H,7-10H2,1-2H3/t12-,15-/m1/s1. The summed E-state index contributed by atoms with van der Waals surface area (Å²) in [6, 6.07) is 8.51. The van der Waals surface area contributed by atoms with Crippen LogP contribution in [0, 0.1) is 6.92 Å². The van der Waals surface area contributed by atoms with Crippen LogP contribution >= 0.6 is 11.8 Å².